The number of anilines is 2. The minimum Gasteiger partial charge on any atom is -0.497 e. The molecule has 0 spiro atoms. The minimum atomic E-state index is -0.965. The lowest BCUT2D eigenvalue weighted by Gasteiger charge is -2.32. The van der Waals surface area contributed by atoms with Gasteiger partial charge in [0.1, 0.15) is 28.8 Å². The molecule has 0 saturated carbocycles. The summed E-state index contributed by atoms with van der Waals surface area (Å²) in [4.78, 5) is 30.7. The molecular weight excluding hydrogens is 522 g/mol. The first kappa shape index (κ1) is 27.5. The maximum Gasteiger partial charge on any atom is 0.335 e. The van der Waals surface area contributed by atoms with Gasteiger partial charge in [0.25, 0.3) is 5.91 Å². The van der Waals surface area contributed by atoms with Crippen molar-refractivity contribution < 1.29 is 28.9 Å². The van der Waals surface area contributed by atoms with E-state index in [0.717, 1.165) is 37.5 Å². The van der Waals surface area contributed by atoms with Gasteiger partial charge in [0.05, 0.1) is 31.2 Å². The Morgan fingerprint density at radius 1 is 0.878 bits per heavy atom. The van der Waals surface area contributed by atoms with Gasteiger partial charge in [0.2, 0.25) is 0 Å². The first-order valence-corrected chi connectivity index (χ1v) is 13.4. The van der Waals surface area contributed by atoms with Gasteiger partial charge in [-0.3, -0.25) is 4.79 Å². The molecule has 1 fully saturated rings. The lowest BCUT2D eigenvalue weighted by atomic mass is 9.98. The molecule has 4 aromatic rings. The number of hydrogen-bond donors (Lipinski definition) is 2. The van der Waals surface area contributed by atoms with Crippen LogP contribution in [-0.2, 0) is 0 Å². The number of carboxylic acid groups (broad SMARTS) is 1. The summed E-state index contributed by atoms with van der Waals surface area (Å²) in [5.74, 6) is 2.67. The predicted molar refractivity (Wildman–Crippen MR) is 156 cm³/mol. The normalized spacial score (nSPS) is 13.3. The molecule has 1 aromatic heterocycles. The molecule has 41 heavy (non-hydrogen) atoms. The van der Waals surface area contributed by atoms with Gasteiger partial charge >= 0.3 is 5.97 Å². The number of carbonyl (C=O) groups is 2. The Labute approximate surface area is 238 Å². The number of rotatable bonds is 10. The van der Waals surface area contributed by atoms with Gasteiger partial charge in [-0.05, 0) is 97.6 Å². The fraction of sp³-hybridized carbons (Fsp3) is 0.219. The molecule has 2 N–H and O–H groups in total. The molecule has 0 bridgehead atoms. The summed E-state index contributed by atoms with van der Waals surface area (Å²) in [5.41, 5.74) is 1.34. The molecule has 5 rings (SSSR count). The molecule has 0 atom stereocenters. The van der Waals surface area contributed by atoms with Crippen molar-refractivity contribution in [2.24, 2.45) is 5.92 Å². The van der Waals surface area contributed by atoms with Crippen LogP contribution in [0, 0.1) is 5.92 Å². The fourth-order valence-electron chi connectivity index (χ4n) is 4.57. The largest absolute Gasteiger partial charge is 0.497 e. The van der Waals surface area contributed by atoms with E-state index in [0.29, 0.717) is 41.0 Å². The van der Waals surface area contributed by atoms with Gasteiger partial charge in [-0.15, -0.1) is 0 Å². The Morgan fingerprint density at radius 3 is 2.20 bits per heavy atom. The van der Waals surface area contributed by atoms with E-state index in [1.807, 2.05) is 36.4 Å². The Bertz CT molecular complexity index is 1470. The van der Waals surface area contributed by atoms with Crippen LogP contribution in [0.5, 0.6) is 23.0 Å². The summed E-state index contributed by atoms with van der Waals surface area (Å²) in [7, 11) is 1.61. The fourth-order valence-corrected chi connectivity index (χ4v) is 4.57. The van der Waals surface area contributed by atoms with Crippen molar-refractivity contribution in [1.29, 1.82) is 0 Å². The van der Waals surface area contributed by atoms with Crippen molar-refractivity contribution in [2.75, 3.05) is 37.0 Å². The molecule has 210 valence electrons. The Hall–Kier alpha value is -5.05. The lowest BCUT2D eigenvalue weighted by molar-refractivity contribution is 0.0696. The van der Waals surface area contributed by atoms with Gasteiger partial charge in [0, 0.05) is 18.7 Å². The molecule has 0 aliphatic carbocycles. The molecule has 3 aromatic carbocycles. The van der Waals surface area contributed by atoms with Crippen LogP contribution in [0.2, 0.25) is 0 Å². The number of methoxy groups -OCH3 is 1. The van der Waals surface area contributed by atoms with Crippen LogP contribution in [0.4, 0.5) is 11.5 Å². The van der Waals surface area contributed by atoms with E-state index in [4.69, 9.17) is 19.3 Å². The average Bonchev–Trinajstić information content (AvgIpc) is 3.01. The third-order valence-corrected chi connectivity index (χ3v) is 6.92. The molecule has 2 heterocycles. The van der Waals surface area contributed by atoms with Crippen LogP contribution in [0.3, 0.4) is 0 Å². The number of nitrogens with zero attached hydrogens (tertiary/aromatic N) is 2. The number of nitrogens with one attached hydrogen (secondary N) is 1. The number of pyridine rings is 1. The summed E-state index contributed by atoms with van der Waals surface area (Å²) in [6, 6.07) is 24.5. The third kappa shape index (κ3) is 7.33. The maximum atomic E-state index is 12.7. The van der Waals surface area contributed by atoms with E-state index < -0.39 is 5.97 Å². The zero-order valence-corrected chi connectivity index (χ0v) is 22.7. The average molecular weight is 554 g/mol. The summed E-state index contributed by atoms with van der Waals surface area (Å²) in [6.45, 7) is 2.23. The molecule has 1 saturated heterocycles. The van der Waals surface area contributed by atoms with Crippen molar-refractivity contribution >= 4 is 23.4 Å². The number of carbonyl (C=O) groups excluding carboxylic acids is 1. The van der Waals surface area contributed by atoms with Crippen molar-refractivity contribution in [1.82, 2.24) is 4.98 Å². The topological polar surface area (TPSA) is 110 Å². The van der Waals surface area contributed by atoms with Crippen molar-refractivity contribution in [3.05, 3.63) is 102 Å². The summed E-state index contributed by atoms with van der Waals surface area (Å²) in [6.07, 6.45) is 3.55. The van der Waals surface area contributed by atoms with Crippen LogP contribution in [0.25, 0.3) is 0 Å². The Balaban J connectivity index is 1.08. The molecule has 9 heteroatoms. The van der Waals surface area contributed by atoms with Crippen molar-refractivity contribution in [2.45, 2.75) is 12.8 Å². The monoisotopic (exact) mass is 553 g/mol. The first-order chi connectivity index (χ1) is 20.0. The zero-order valence-electron chi connectivity index (χ0n) is 22.7. The van der Waals surface area contributed by atoms with E-state index >= 15 is 0 Å². The first-order valence-electron chi connectivity index (χ1n) is 13.4. The van der Waals surface area contributed by atoms with Crippen LogP contribution in [-0.4, -0.2) is 48.8 Å². The second-order valence-electron chi connectivity index (χ2n) is 9.74. The van der Waals surface area contributed by atoms with Gasteiger partial charge in [-0.2, -0.15) is 0 Å². The highest BCUT2D eigenvalue weighted by atomic mass is 16.5. The lowest BCUT2D eigenvalue weighted by Crippen LogP contribution is -2.36. The summed E-state index contributed by atoms with van der Waals surface area (Å²) in [5, 5.41) is 12.0. The van der Waals surface area contributed by atoms with Gasteiger partial charge in [0.15, 0.2) is 0 Å². The molecule has 0 radical (unpaired) electrons. The molecule has 1 aliphatic heterocycles. The zero-order chi connectivity index (χ0) is 28.6. The molecule has 1 aliphatic rings. The Kier molecular flexibility index (Phi) is 8.64. The van der Waals surface area contributed by atoms with E-state index in [2.05, 4.69) is 15.2 Å². The predicted octanol–water partition coefficient (Wildman–Crippen LogP) is 6.13. The third-order valence-electron chi connectivity index (χ3n) is 6.92. The molecule has 0 unspecified atom stereocenters. The quantitative estimate of drug-likeness (QED) is 0.241. The number of hydrogen-bond acceptors (Lipinski definition) is 7. The van der Waals surface area contributed by atoms with Crippen molar-refractivity contribution in [3.63, 3.8) is 0 Å². The number of aromatic carboxylic acids is 1. The van der Waals surface area contributed by atoms with E-state index in [9.17, 15) is 9.59 Å². The molecule has 9 nitrogen and oxygen atoms in total. The number of piperidine rings is 1. The highest BCUT2D eigenvalue weighted by Crippen LogP contribution is 2.26. The number of ether oxygens (including phenoxy) is 3. The van der Waals surface area contributed by atoms with E-state index in [-0.39, 0.29) is 11.5 Å². The highest BCUT2D eigenvalue weighted by Gasteiger charge is 2.21. The van der Waals surface area contributed by atoms with Gasteiger partial charge in [-0.1, -0.05) is 6.07 Å². The van der Waals surface area contributed by atoms with Gasteiger partial charge < -0.3 is 29.5 Å². The number of aromatic nitrogens is 1. The van der Waals surface area contributed by atoms with E-state index in [1.165, 1.54) is 0 Å². The van der Waals surface area contributed by atoms with Crippen molar-refractivity contribution in [3.8, 4) is 23.0 Å². The highest BCUT2D eigenvalue weighted by molar-refractivity contribution is 6.04. The number of benzene rings is 3. The molecular formula is C32H31N3O6. The number of amides is 1. The van der Waals surface area contributed by atoms with Crippen LogP contribution >= 0.6 is 0 Å². The van der Waals surface area contributed by atoms with Crippen LogP contribution in [0.15, 0.2) is 91.1 Å². The molecule has 1 amide bonds. The van der Waals surface area contributed by atoms with Crippen LogP contribution < -0.4 is 24.4 Å². The van der Waals surface area contributed by atoms with Gasteiger partial charge in [-0.25, -0.2) is 9.78 Å². The summed E-state index contributed by atoms with van der Waals surface area (Å²) < 4.78 is 16.8. The number of carboxylic acids is 1. The SMILES string of the molecule is COc1ccc(Oc2ccc(C(=O)Nc3ccc(N4CCC(COc5cccc(C(=O)O)c5)CC4)nc3)cc2)cc1. The smallest absolute Gasteiger partial charge is 0.335 e. The second-order valence-corrected chi connectivity index (χ2v) is 9.74. The Morgan fingerprint density at radius 2 is 1.56 bits per heavy atom. The van der Waals surface area contributed by atoms with E-state index in [1.54, 1.807) is 61.8 Å². The summed E-state index contributed by atoms with van der Waals surface area (Å²) >= 11 is 0. The second kappa shape index (κ2) is 12.9. The maximum absolute atomic E-state index is 12.7. The standard InChI is InChI=1S/C32H31N3O6/c1-39-26-10-12-28(13-11-26)41-27-8-5-23(6-9-27)31(36)34-25-7-14-30(33-20-25)35-17-15-22(16-18-35)21-40-29-4-2-3-24(19-29)32(37)38/h2-14,19-20,22H,15-18,21H2,1H3,(H,34,36)(H,37,38). The van der Waals surface area contributed by atoms with Crippen LogP contribution in [0.1, 0.15) is 33.6 Å². The minimum absolute atomic E-state index is 0.219.